The highest BCUT2D eigenvalue weighted by atomic mass is 16.4. The smallest absolute Gasteiger partial charge is 0.305 e. The van der Waals surface area contributed by atoms with Gasteiger partial charge in [0, 0.05) is 11.6 Å². The van der Waals surface area contributed by atoms with Crippen LogP contribution in [-0.2, 0) is 4.79 Å². The molecule has 0 bridgehead atoms. The van der Waals surface area contributed by atoms with Crippen molar-refractivity contribution in [1.29, 1.82) is 0 Å². The molecule has 1 amide bonds. The van der Waals surface area contributed by atoms with Crippen LogP contribution in [-0.4, -0.2) is 28.1 Å². The predicted molar refractivity (Wildman–Crippen MR) is 71.3 cm³/mol. The zero-order chi connectivity index (χ0) is 14.4. The maximum Gasteiger partial charge on any atom is 0.305 e. The molecule has 0 aliphatic carbocycles. The number of rotatable bonds is 6. The molecule has 5 heteroatoms. The molecule has 0 fully saturated rings. The third kappa shape index (κ3) is 4.62. The number of hydrogen-bond donors (Lipinski definition) is 3. The molecule has 0 saturated heterocycles. The molecule has 0 heterocycles. The highest BCUT2D eigenvalue weighted by molar-refractivity contribution is 5.95. The van der Waals surface area contributed by atoms with Gasteiger partial charge in [0.25, 0.3) is 5.91 Å². The zero-order valence-corrected chi connectivity index (χ0v) is 11.1. The van der Waals surface area contributed by atoms with Crippen LogP contribution < -0.4 is 5.32 Å². The number of carboxylic acids is 1. The van der Waals surface area contributed by atoms with Crippen molar-refractivity contribution in [3.63, 3.8) is 0 Å². The van der Waals surface area contributed by atoms with Crippen LogP contribution in [0.3, 0.4) is 0 Å². The first-order chi connectivity index (χ1) is 8.93. The molecule has 1 aromatic rings. The molecule has 1 rings (SSSR count). The van der Waals surface area contributed by atoms with Crippen molar-refractivity contribution >= 4 is 11.9 Å². The number of aliphatic carboxylic acids is 1. The number of carboxylic acid groups (broad SMARTS) is 1. The number of nitrogens with one attached hydrogen (secondary N) is 1. The minimum Gasteiger partial charge on any atom is -0.508 e. The van der Waals surface area contributed by atoms with Gasteiger partial charge in [0.2, 0.25) is 0 Å². The average molecular weight is 265 g/mol. The monoisotopic (exact) mass is 265 g/mol. The van der Waals surface area contributed by atoms with E-state index in [0.29, 0.717) is 17.5 Å². The summed E-state index contributed by atoms with van der Waals surface area (Å²) in [5.74, 6) is -1.12. The predicted octanol–water partition coefficient (Wildman–Crippen LogP) is 2.07. The second-order valence-electron chi connectivity index (χ2n) is 4.56. The van der Waals surface area contributed by atoms with Gasteiger partial charge >= 0.3 is 5.97 Å². The lowest BCUT2D eigenvalue weighted by Crippen LogP contribution is -2.36. The van der Waals surface area contributed by atoms with Crippen molar-refractivity contribution in [2.24, 2.45) is 0 Å². The molecule has 0 saturated carbocycles. The number of carbonyl (C=O) groups excluding carboxylic acids is 1. The maximum atomic E-state index is 12.0. The van der Waals surface area contributed by atoms with E-state index >= 15 is 0 Å². The summed E-state index contributed by atoms with van der Waals surface area (Å²) < 4.78 is 0. The van der Waals surface area contributed by atoms with E-state index in [2.05, 4.69) is 5.32 Å². The molecule has 5 nitrogen and oxygen atoms in total. The van der Waals surface area contributed by atoms with Gasteiger partial charge in [0.1, 0.15) is 5.75 Å². The largest absolute Gasteiger partial charge is 0.508 e. The summed E-state index contributed by atoms with van der Waals surface area (Å²) in [5.41, 5.74) is 1.03. The van der Waals surface area contributed by atoms with Gasteiger partial charge in [-0.1, -0.05) is 13.3 Å². The molecule has 1 atom stereocenters. The number of phenols is 1. The fourth-order valence-electron chi connectivity index (χ4n) is 1.85. The first-order valence-corrected chi connectivity index (χ1v) is 6.26. The summed E-state index contributed by atoms with van der Waals surface area (Å²) in [5, 5.41) is 20.9. The topological polar surface area (TPSA) is 86.6 Å². The Hall–Kier alpha value is -2.04. The lowest BCUT2D eigenvalue weighted by molar-refractivity contribution is -0.137. The van der Waals surface area contributed by atoms with Crippen molar-refractivity contribution in [2.75, 3.05) is 0 Å². The van der Waals surface area contributed by atoms with Gasteiger partial charge in [-0.15, -0.1) is 0 Å². The van der Waals surface area contributed by atoms with Crippen LogP contribution in [0.25, 0.3) is 0 Å². The van der Waals surface area contributed by atoms with Crippen molar-refractivity contribution in [2.45, 2.75) is 39.2 Å². The van der Waals surface area contributed by atoms with E-state index < -0.39 is 5.97 Å². The van der Waals surface area contributed by atoms with Crippen molar-refractivity contribution < 1.29 is 19.8 Å². The third-order valence-electron chi connectivity index (χ3n) is 2.85. The maximum absolute atomic E-state index is 12.0. The Kier molecular flexibility index (Phi) is 5.36. The van der Waals surface area contributed by atoms with Crippen LogP contribution in [0.15, 0.2) is 18.2 Å². The summed E-state index contributed by atoms with van der Waals surface area (Å²) in [6.07, 6.45) is 1.33. The number of aromatic hydroxyl groups is 1. The molecule has 1 unspecified atom stereocenters. The number of amides is 1. The quantitative estimate of drug-likeness (QED) is 0.735. The van der Waals surface area contributed by atoms with Gasteiger partial charge < -0.3 is 15.5 Å². The Morgan fingerprint density at radius 3 is 2.58 bits per heavy atom. The number of aryl methyl sites for hydroxylation is 1. The number of phenolic OH excluding ortho intramolecular Hbond substituents is 1. The average Bonchev–Trinajstić information content (AvgIpc) is 2.32. The summed E-state index contributed by atoms with van der Waals surface area (Å²) in [6.45, 7) is 3.64. The van der Waals surface area contributed by atoms with Crippen LogP contribution in [0.5, 0.6) is 5.75 Å². The van der Waals surface area contributed by atoms with E-state index in [-0.39, 0.29) is 24.1 Å². The Labute approximate surface area is 112 Å². The summed E-state index contributed by atoms with van der Waals surface area (Å²) >= 11 is 0. The Balaban J connectivity index is 2.75. The summed E-state index contributed by atoms with van der Waals surface area (Å²) in [6, 6.07) is 4.18. The highest BCUT2D eigenvalue weighted by Crippen LogP contribution is 2.17. The molecule has 3 N–H and O–H groups in total. The van der Waals surface area contributed by atoms with Gasteiger partial charge in [0.15, 0.2) is 0 Å². The van der Waals surface area contributed by atoms with Crippen LogP contribution >= 0.6 is 0 Å². The van der Waals surface area contributed by atoms with Crippen molar-refractivity contribution in [3.05, 3.63) is 29.3 Å². The van der Waals surface area contributed by atoms with Crippen LogP contribution in [0.2, 0.25) is 0 Å². The SMILES string of the molecule is CCCC(CC(=O)O)NC(=O)c1ccc(O)c(C)c1. The van der Waals surface area contributed by atoms with Crippen LogP contribution in [0.1, 0.15) is 42.1 Å². The van der Waals surface area contributed by atoms with Crippen molar-refractivity contribution in [1.82, 2.24) is 5.32 Å². The standard InChI is InChI=1S/C14H19NO4/c1-3-4-11(8-13(17)18)15-14(19)10-5-6-12(16)9(2)7-10/h5-7,11,16H,3-4,8H2,1-2H3,(H,15,19)(H,17,18). The van der Waals surface area contributed by atoms with Gasteiger partial charge in [-0.3, -0.25) is 9.59 Å². The number of hydrogen-bond acceptors (Lipinski definition) is 3. The lowest BCUT2D eigenvalue weighted by atomic mass is 10.1. The van der Waals surface area contributed by atoms with Gasteiger partial charge in [-0.25, -0.2) is 0 Å². The van der Waals surface area contributed by atoms with Crippen LogP contribution in [0, 0.1) is 6.92 Å². The summed E-state index contributed by atoms with van der Waals surface area (Å²) in [7, 11) is 0. The first kappa shape index (κ1) is 15.0. The lowest BCUT2D eigenvalue weighted by Gasteiger charge is -2.16. The van der Waals surface area contributed by atoms with E-state index in [0.717, 1.165) is 6.42 Å². The Morgan fingerprint density at radius 2 is 2.05 bits per heavy atom. The number of carbonyl (C=O) groups is 2. The molecular weight excluding hydrogens is 246 g/mol. The van der Waals surface area contributed by atoms with E-state index in [1.807, 2.05) is 6.92 Å². The summed E-state index contributed by atoms with van der Waals surface area (Å²) in [4.78, 5) is 22.7. The van der Waals surface area contributed by atoms with Crippen LogP contribution in [0.4, 0.5) is 0 Å². The fourth-order valence-corrected chi connectivity index (χ4v) is 1.85. The molecule has 1 aromatic carbocycles. The molecule has 0 aromatic heterocycles. The second-order valence-corrected chi connectivity index (χ2v) is 4.56. The van der Waals surface area contributed by atoms with E-state index in [4.69, 9.17) is 5.11 Å². The Morgan fingerprint density at radius 1 is 1.37 bits per heavy atom. The Bertz CT molecular complexity index is 471. The van der Waals surface area contributed by atoms with E-state index in [9.17, 15) is 14.7 Å². The normalized spacial score (nSPS) is 11.9. The second kappa shape index (κ2) is 6.78. The van der Waals surface area contributed by atoms with Gasteiger partial charge in [-0.2, -0.15) is 0 Å². The molecule has 104 valence electrons. The number of benzene rings is 1. The molecule has 0 spiro atoms. The fraction of sp³-hybridized carbons (Fsp3) is 0.429. The van der Waals surface area contributed by atoms with Gasteiger partial charge in [0.05, 0.1) is 6.42 Å². The molecular formula is C14H19NO4. The third-order valence-corrected chi connectivity index (χ3v) is 2.85. The van der Waals surface area contributed by atoms with E-state index in [1.54, 1.807) is 13.0 Å². The van der Waals surface area contributed by atoms with E-state index in [1.165, 1.54) is 12.1 Å². The molecule has 0 aliphatic heterocycles. The van der Waals surface area contributed by atoms with Crippen molar-refractivity contribution in [3.8, 4) is 5.75 Å². The zero-order valence-electron chi connectivity index (χ0n) is 11.1. The minimum atomic E-state index is -0.930. The first-order valence-electron chi connectivity index (χ1n) is 6.26. The molecule has 0 aliphatic rings. The van der Waals surface area contributed by atoms with Gasteiger partial charge in [-0.05, 0) is 37.1 Å². The molecule has 19 heavy (non-hydrogen) atoms. The minimum absolute atomic E-state index is 0.0867. The highest BCUT2D eigenvalue weighted by Gasteiger charge is 2.16. The molecule has 0 radical (unpaired) electrons.